The molecule has 0 aliphatic carbocycles. The van der Waals surface area contributed by atoms with Crippen LogP contribution in [0.3, 0.4) is 0 Å². The molecule has 7 nitrogen and oxygen atoms in total. The van der Waals surface area contributed by atoms with Crippen molar-refractivity contribution in [1.82, 2.24) is 20.0 Å². The average molecular weight is 402 g/mol. The van der Waals surface area contributed by atoms with Crippen molar-refractivity contribution in [3.8, 4) is 5.69 Å². The van der Waals surface area contributed by atoms with Crippen LogP contribution in [0.1, 0.15) is 43.2 Å². The Labute approximate surface area is 174 Å². The number of hydrogen-bond donors (Lipinski definition) is 1. The highest BCUT2D eigenvalue weighted by atomic mass is 16.2. The van der Waals surface area contributed by atoms with Crippen molar-refractivity contribution >= 4 is 17.7 Å². The molecule has 3 aromatic rings. The molecular formula is C23H22N4O3. The van der Waals surface area contributed by atoms with E-state index >= 15 is 0 Å². The van der Waals surface area contributed by atoms with Gasteiger partial charge in [0.15, 0.2) is 0 Å². The van der Waals surface area contributed by atoms with E-state index in [9.17, 15) is 14.4 Å². The van der Waals surface area contributed by atoms with Gasteiger partial charge in [0.05, 0.1) is 22.5 Å². The molecule has 1 aliphatic heterocycles. The summed E-state index contributed by atoms with van der Waals surface area (Å²) >= 11 is 0. The number of aryl methyl sites for hydroxylation is 2. The lowest BCUT2D eigenvalue weighted by molar-refractivity contribution is -0.121. The van der Waals surface area contributed by atoms with E-state index in [0.717, 1.165) is 33.1 Å². The van der Waals surface area contributed by atoms with Crippen LogP contribution in [0.4, 0.5) is 0 Å². The third kappa shape index (κ3) is 3.39. The number of carbonyl (C=O) groups excluding carboxylic acids is 3. The van der Waals surface area contributed by atoms with E-state index in [4.69, 9.17) is 0 Å². The van der Waals surface area contributed by atoms with Gasteiger partial charge in [0.25, 0.3) is 11.8 Å². The Morgan fingerprint density at radius 1 is 0.967 bits per heavy atom. The number of carbonyl (C=O) groups is 3. The van der Waals surface area contributed by atoms with Crippen molar-refractivity contribution in [2.45, 2.75) is 27.3 Å². The Morgan fingerprint density at radius 3 is 2.40 bits per heavy atom. The zero-order valence-electron chi connectivity index (χ0n) is 17.1. The summed E-state index contributed by atoms with van der Waals surface area (Å²) in [7, 11) is 0. The first-order valence-electron chi connectivity index (χ1n) is 9.71. The van der Waals surface area contributed by atoms with Crippen LogP contribution >= 0.6 is 0 Å². The lowest BCUT2D eigenvalue weighted by atomic mass is 10.1. The van der Waals surface area contributed by atoms with Crippen LogP contribution in [-0.2, 0) is 11.3 Å². The SMILES string of the molecule is Cc1ccc2c(c1)C(=O)N(CC(=O)NCc1c(C)nn(-c3ccccc3)c1C)C2=O. The minimum absolute atomic E-state index is 0.269. The van der Waals surface area contributed by atoms with Crippen molar-refractivity contribution in [2.24, 2.45) is 0 Å². The molecular weight excluding hydrogens is 380 g/mol. The summed E-state index contributed by atoms with van der Waals surface area (Å²) < 4.78 is 1.84. The average Bonchev–Trinajstić information content (AvgIpc) is 3.15. The Bertz CT molecular complexity index is 1160. The number of para-hydroxylation sites is 1. The summed E-state index contributed by atoms with van der Waals surface area (Å²) in [6.45, 7) is 5.65. The molecule has 4 rings (SSSR count). The van der Waals surface area contributed by atoms with Gasteiger partial charge in [-0.15, -0.1) is 0 Å². The van der Waals surface area contributed by atoms with E-state index < -0.39 is 17.7 Å². The molecule has 0 saturated heterocycles. The molecule has 0 radical (unpaired) electrons. The highest BCUT2D eigenvalue weighted by Gasteiger charge is 2.36. The molecule has 30 heavy (non-hydrogen) atoms. The van der Waals surface area contributed by atoms with Gasteiger partial charge in [0.1, 0.15) is 6.54 Å². The largest absolute Gasteiger partial charge is 0.350 e. The fraction of sp³-hybridized carbons (Fsp3) is 0.217. The number of rotatable bonds is 5. The first kappa shape index (κ1) is 19.6. The van der Waals surface area contributed by atoms with Crippen molar-refractivity contribution < 1.29 is 14.4 Å². The fourth-order valence-electron chi connectivity index (χ4n) is 3.69. The molecule has 1 aliphatic rings. The minimum atomic E-state index is -0.436. The molecule has 2 aromatic carbocycles. The molecule has 0 atom stereocenters. The molecule has 1 N–H and O–H groups in total. The molecule has 152 valence electrons. The zero-order chi connectivity index (χ0) is 21.4. The van der Waals surface area contributed by atoms with Gasteiger partial charge in [-0.05, 0) is 45.0 Å². The summed E-state index contributed by atoms with van der Waals surface area (Å²) in [4.78, 5) is 38.5. The third-order valence-corrected chi connectivity index (χ3v) is 5.33. The summed E-state index contributed by atoms with van der Waals surface area (Å²) in [5.41, 5.74) is 5.17. The number of nitrogens with one attached hydrogen (secondary N) is 1. The highest BCUT2D eigenvalue weighted by Crippen LogP contribution is 2.23. The molecule has 7 heteroatoms. The maximum absolute atomic E-state index is 12.5. The molecule has 0 unspecified atom stereocenters. The monoisotopic (exact) mass is 402 g/mol. The third-order valence-electron chi connectivity index (χ3n) is 5.33. The fourth-order valence-corrected chi connectivity index (χ4v) is 3.69. The number of fused-ring (bicyclic) bond motifs is 1. The highest BCUT2D eigenvalue weighted by molar-refractivity contribution is 6.22. The number of benzene rings is 2. The van der Waals surface area contributed by atoms with Gasteiger partial charge < -0.3 is 5.32 Å². The van der Waals surface area contributed by atoms with Crippen LogP contribution in [0.5, 0.6) is 0 Å². The van der Waals surface area contributed by atoms with Crippen molar-refractivity contribution in [2.75, 3.05) is 6.54 Å². The van der Waals surface area contributed by atoms with Gasteiger partial charge >= 0.3 is 0 Å². The van der Waals surface area contributed by atoms with Crippen molar-refractivity contribution in [3.05, 3.63) is 82.2 Å². The Hall–Kier alpha value is -3.74. The van der Waals surface area contributed by atoms with E-state index in [1.807, 2.05) is 55.8 Å². The van der Waals surface area contributed by atoms with Gasteiger partial charge in [-0.25, -0.2) is 4.68 Å². The molecule has 3 amide bonds. The maximum Gasteiger partial charge on any atom is 0.262 e. The summed E-state index contributed by atoms with van der Waals surface area (Å²) in [6.07, 6.45) is 0. The van der Waals surface area contributed by atoms with Crippen molar-refractivity contribution in [1.29, 1.82) is 0 Å². The van der Waals surface area contributed by atoms with E-state index in [1.165, 1.54) is 0 Å². The quantitative estimate of drug-likeness (QED) is 0.665. The predicted molar refractivity (Wildman–Crippen MR) is 111 cm³/mol. The second-order valence-electron chi connectivity index (χ2n) is 7.42. The molecule has 0 bridgehead atoms. The van der Waals surface area contributed by atoms with Gasteiger partial charge in [0.2, 0.25) is 5.91 Å². The second kappa shape index (κ2) is 7.59. The smallest absolute Gasteiger partial charge is 0.262 e. The normalized spacial score (nSPS) is 13.0. The van der Waals surface area contributed by atoms with Gasteiger partial charge in [-0.3, -0.25) is 19.3 Å². The van der Waals surface area contributed by atoms with Gasteiger partial charge in [-0.1, -0.05) is 29.8 Å². The van der Waals surface area contributed by atoms with E-state index in [1.54, 1.807) is 18.2 Å². The van der Waals surface area contributed by atoms with E-state index in [0.29, 0.717) is 11.1 Å². The summed E-state index contributed by atoms with van der Waals surface area (Å²) in [5, 5.41) is 7.38. The van der Waals surface area contributed by atoms with Crippen molar-refractivity contribution in [3.63, 3.8) is 0 Å². The number of nitrogens with zero attached hydrogens (tertiary/aromatic N) is 3. The van der Waals surface area contributed by atoms with Crippen LogP contribution < -0.4 is 5.32 Å². The predicted octanol–water partition coefficient (Wildman–Crippen LogP) is 2.71. The Kier molecular flexibility index (Phi) is 4.95. The zero-order valence-corrected chi connectivity index (χ0v) is 17.1. The van der Waals surface area contributed by atoms with Gasteiger partial charge in [-0.2, -0.15) is 5.10 Å². The van der Waals surface area contributed by atoms with Gasteiger partial charge in [0, 0.05) is 17.8 Å². The molecule has 1 aromatic heterocycles. The van der Waals surface area contributed by atoms with Crippen LogP contribution in [0.15, 0.2) is 48.5 Å². The summed E-state index contributed by atoms with van der Waals surface area (Å²) in [5.74, 6) is -1.26. The first-order chi connectivity index (χ1) is 14.4. The van der Waals surface area contributed by atoms with Crippen LogP contribution in [0.25, 0.3) is 5.69 Å². The Morgan fingerprint density at radius 2 is 1.67 bits per heavy atom. The Balaban J connectivity index is 1.45. The van der Waals surface area contributed by atoms with Crippen LogP contribution in [-0.4, -0.2) is 38.9 Å². The van der Waals surface area contributed by atoms with Crippen LogP contribution in [0.2, 0.25) is 0 Å². The number of aromatic nitrogens is 2. The lowest BCUT2D eigenvalue weighted by Crippen LogP contribution is -2.40. The second-order valence-corrected chi connectivity index (χ2v) is 7.42. The standard InChI is InChI=1S/C23H22N4O3/c1-14-9-10-18-19(11-14)23(30)26(22(18)29)13-21(28)24-12-20-15(2)25-27(16(20)3)17-7-5-4-6-8-17/h4-11H,12-13H2,1-3H3,(H,24,28). The molecule has 0 saturated carbocycles. The minimum Gasteiger partial charge on any atom is -0.350 e. The lowest BCUT2D eigenvalue weighted by Gasteiger charge is -2.14. The number of amides is 3. The maximum atomic E-state index is 12.5. The molecule has 0 fully saturated rings. The summed E-state index contributed by atoms with van der Waals surface area (Å²) in [6, 6.07) is 14.8. The topological polar surface area (TPSA) is 84.3 Å². The van der Waals surface area contributed by atoms with E-state index in [2.05, 4.69) is 10.4 Å². The number of hydrogen-bond acceptors (Lipinski definition) is 4. The first-order valence-corrected chi connectivity index (χ1v) is 9.71. The van der Waals surface area contributed by atoms with E-state index in [-0.39, 0.29) is 13.1 Å². The molecule has 2 heterocycles. The van der Waals surface area contributed by atoms with Crippen LogP contribution in [0, 0.1) is 20.8 Å². The number of imide groups is 1. The molecule has 0 spiro atoms.